The third-order valence-electron chi connectivity index (χ3n) is 3.70. The number of thiophene rings is 1. The van der Waals surface area contributed by atoms with E-state index in [9.17, 15) is 0 Å². The van der Waals surface area contributed by atoms with Crippen LogP contribution in [-0.2, 0) is 19.4 Å². The molecule has 0 fully saturated rings. The first-order chi connectivity index (χ1) is 10.0. The molecule has 0 saturated heterocycles. The molecular weight excluding hydrogens is 348 g/mol. The Bertz CT molecular complexity index is 695. The van der Waals surface area contributed by atoms with Gasteiger partial charge in [0, 0.05) is 27.5 Å². The fourth-order valence-electron chi connectivity index (χ4n) is 2.70. The summed E-state index contributed by atoms with van der Waals surface area (Å²) in [5, 5.41) is 9.90. The minimum absolute atomic E-state index is 0.0893. The largest absolute Gasteiger partial charge is 0.384 e. The van der Waals surface area contributed by atoms with E-state index in [0.29, 0.717) is 0 Å². The van der Waals surface area contributed by atoms with E-state index in [1.165, 1.54) is 10.4 Å². The van der Waals surface area contributed by atoms with Crippen molar-refractivity contribution in [1.82, 2.24) is 4.98 Å². The molecule has 0 radical (unpaired) electrons. The van der Waals surface area contributed by atoms with Gasteiger partial charge in [0.1, 0.15) is 11.7 Å². The standard InChI is InChI=1S/C15H17BrN4S/c1-20(7-11-6-10(16)8-21-11)15-12(14(17)18)5-9-3-2-4-13(9)19-15/h5-6,8H,2-4,7H2,1H3,(H3,17,18). The Morgan fingerprint density at radius 3 is 2.95 bits per heavy atom. The first kappa shape index (κ1) is 14.5. The number of fused-ring (bicyclic) bond motifs is 1. The number of nitrogen functional groups attached to an aromatic ring is 1. The SMILES string of the molecule is CN(Cc1cc(Br)cs1)c1nc2c(cc1C(=N)N)CCC2. The summed E-state index contributed by atoms with van der Waals surface area (Å²) in [6.07, 6.45) is 3.22. The van der Waals surface area contributed by atoms with Crippen LogP contribution >= 0.6 is 27.3 Å². The number of aromatic nitrogens is 1. The molecule has 1 aliphatic carbocycles. The van der Waals surface area contributed by atoms with Gasteiger partial charge in [-0.2, -0.15) is 0 Å². The van der Waals surface area contributed by atoms with Crippen molar-refractivity contribution >= 4 is 38.9 Å². The zero-order chi connectivity index (χ0) is 15.0. The number of hydrogen-bond donors (Lipinski definition) is 2. The van der Waals surface area contributed by atoms with Crippen molar-refractivity contribution in [2.45, 2.75) is 25.8 Å². The quantitative estimate of drug-likeness (QED) is 0.645. The van der Waals surface area contributed by atoms with Gasteiger partial charge in [0.2, 0.25) is 0 Å². The average Bonchev–Trinajstić information content (AvgIpc) is 3.05. The maximum atomic E-state index is 7.82. The Morgan fingerprint density at radius 1 is 1.48 bits per heavy atom. The van der Waals surface area contributed by atoms with Gasteiger partial charge in [-0.1, -0.05) is 0 Å². The number of halogens is 1. The molecule has 3 N–H and O–H groups in total. The number of rotatable bonds is 4. The molecule has 2 heterocycles. The first-order valence-electron chi connectivity index (χ1n) is 6.86. The lowest BCUT2D eigenvalue weighted by Gasteiger charge is -2.21. The Kier molecular flexibility index (Phi) is 3.99. The Hall–Kier alpha value is -1.40. The molecule has 3 rings (SSSR count). The predicted octanol–water partition coefficient (Wildman–Crippen LogP) is 3.31. The van der Waals surface area contributed by atoms with Gasteiger partial charge in [0.05, 0.1) is 12.1 Å². The highest BCUT2D eigenvalue weighted by molar-refractivity contribution is 9.10. The van der Waals surface area contributed by atoms with Gasteiger partial charge in [-0.3, -0.25) is 5.41 Å². The monoisotopic (exact) mass is 364 g/mol. The molecule has 1 aliphatic rings. The van der Waals surface area contributed by atoms with E-state index < -0.39 is 0 Å². The normalized spacial score (nSPS) is 13.2. The zero-order valence-corrected chi connectivity index (χ0v) is 14.2. The Morgan fingerprint density at radius 2 is 2.29 bits per heavy atom. The second-order valence-electron chi connectivity index (χ2n) is 5.32. The maximum absolute atomic E-state index is 7.82. The second kappa shape index (κ2) is 5.77. The van der Waals surface area contributed by atoms with E-state index in [1.54, 1.807) is 11.3 Å². The van der Waals surface area contributed by atoms with Crippen molar-refractivity contribution in [3.8, 4) is 0 Å². The van der Waals surface area contributed by atoms with Crippen LogP contribution in [0.15, 0.2) is 22.0 Å². The summed E-state index contributed by atoms with van der Waals surface area (Å²) >= 11 is 5.19. The van der Waals surface area contributed by atoms with Crippen molar-refractivity contribution in [3.05, 3.63) is 43.7 Å². The summed E-state index contributed by atoms with van der Waals surface area (Å²) in [6.45, 7) is 0.766. The van der Waals surface area contributed by atoms with Crippen molar-refractivity contribution in [2.24, 2.45) is 5.73 Å². The number of hydrogen-bond acceptors (Lipinski definition) is 4. The summed E-state index contributed by atoms with van der Waals surface area (Å²) in [4.78, 5) is 8.10. The minimum atomic E-state index is 0.0893. The fraction of sp³-hybridized carbons (Fsp3) is 0.333. The highest BCUT2D eigenvalue weighted by Gasteiger charge is 2.20. The average molecular weight is 365 g/mol. The highest BCUT2D eigenvalue weighted by Crippen LogP contribution is 2.28. The van der Waals surface area contributed by atoms with Gasteiger partial charge < -0.3 is 10.6 Å². The van der Waals surface area contributed by atoms with Crippen molar-refractivity contribution in [2.75, 3.05) is 11.9 Å². The summed E-state index contributed by atoms with van der Waals surface area (Å²) in [6, 6.07) is 4.16. The van der Waals surface area contributed by atoms with Crippen LogP contribution in [0.2, 0.25) is 0 Å². The molecule has 0 spiro atoms. The van der Waals surface area contributed by atoms with E-state index in [0.717, 1.165) is 47.4 Å². The first-order valence-corrected chi connectivity index (χ1v) is 8.53. The smallest absolute Gasteiger partial charge is 0.139 e. The Labute approximate surface area is 136 Å². The van der Waals surface area contributed by atoms with Gasteiger partial charge in [-0.25, -0.2) is 4.98 Å². The van der Waals surface area contributed by atoms with Gasteiger partial charge in [-0.05, 0) is 52.9 Å². The molecule has 6 heteroatoms. The number of pyridine rings is 1. The van der Waals surface area contributed by atoms with Gasteiger partial charge in [0.15, 0.2) is 0 Å². The van der Waals surface area contributed by atoms with Gasteiger partial charge in [-0.15, -0.1) is 11.3 Å². The van der Waals surface area contributed by atoms with Crippen molar-refractivity contribution in [3.63, 3.8) is 0 Å². The predicted molar refractivity (Wildman–Crippen MR) is 91.4 cm³/mol. The van der Waals surface area contributed by atoms with E-state index in [4.69, 9.17) is 16.1 Å². The molecule has 0 unspecified atom stereocenters. The van der Waals surface area contributed by atoms with Gasteiger partial charge in [0.25, 0.3) is 0 Å². The molecule has 0 saturated carbocycles. The molecule has 0 aliphatic heterocycles. The zero-order valence-electron chi connectivity index (χ0n) is 11.8. The fourth-order valence-corrected chi connectivity index (χ4v) is 4.20. The molecule has 0 aromatic carbocycles. The topological polar surface area (TPSA) is 66.0 Å². The lowest BCUT2D eigenvalue weighted by atomic mass is 10.1. The van der Waals surface area contributed by atoms with Crippen molar-refractivity contribution in [1.29, 1.82) is 5.41 Å². The minimum Gasteiger partial charge on any atom is -0.384 e. The summed E-state index contributed by atoms with van der Waals surface area (Å²) in [5.41, 5.74) is 8.91. The molecule has 0 atom stereocenters. The molecule has 0 amide bonds. The van der Waals surface area contributed by atoms with Crippen LogP contribution in [0.25, 0.3) is 0 Å². The van der Waals surface area contributed by atoms with E-state index in [1.807, 2.05) is 13.1 Å². The molecular formula is C15H17BrN4S. The molecule has 110 valence electrons. The summed E-state index contributed by atoms with van der Waals surface area (Å²) < 4.78 is 1.10. The van der Waals surface area contributed by atoms with Crippen LogP contribution in [0.4, 0.5) is 5.82 Å². The van der Waals surface area contributed by atoms with Crippen LogP contribution in [0, 0.1) is 5.41 Å². The number of anilines is 1. The summed E-state index contributed by atoms with van der Waals surface area (Å²) in [7, 11) is 2.00. The van der Waals surface area contributed by atoms with Crippen LogP contribution < -0.4 is 10.6 Å². The Balaban J connectivity index is 1.94. The van der Waals surface area contributed by atoms with Crippen LogP contribution in [0.3, 0.4) is 0 Å². The lowest BCUT2D eigenvalue weighted by Crippen LogP contribution is -2.23. The molecule has 2 aromatic rings. The maximum Gasteiger partial charge on any atom is 0.139 e. The van der Waals surface area contributed by atoms with E-state index >= 15 is 0 Å². The van der Waals surface area contributed by atoms with Crippen molar-refractivity contribution < 1.29 is 0 Å². The third-order valence-corrected chi connectivity index (χ3v) is 5.38. The lowest BCUT2D eigenvalue weighted by molar-refractivity contribution is 0.879. The van der Waals surface area contributed by atoms with Crippen LogP contribution in [0.5, 0.6) is 0 Å². The number of nitrogens with one attached hydrogen (secondary N) is 1. The number of nitrogens with zero attached hydrogens (tertiary/aromatic N) is 2. The number of nitrogens with two attached hydrogens (primary N) is 1. The molecule has 2 aromatic heterocycles. The molecule has 0 bridgehead atoms. The van der Waals surface area contributed by atoms with E-state index in [-0.39, 0.29) is 5.84 Å². The second-order valence-corrected chi connectivity index (χ2v) is 7.23. The highest BCUT2D eigenvalue weighted by atomic mass is 79.9. The summed E-state index contributed by atoms with van der Waals surface area (Å²) in [5.74, 6) is 0.902. The van der Waals surface area contributed by atoms with E-state index in [2.05, 4.69) is 32.3 Å². The van der Waals surface area contributed by atoms with Crippen LogP contribution in [-0.4, -0.2) is 17.9 Å². The number of amidine groups is 1. The number of aryl methyl sites for hydroxylation is 2. The molecule has 21 heavy (non-hydrogen) atoms. The molecule has 4 nitrogen and oxygen atoms in total. The third kappa shape index (κ3) is 2.96. The van der Waals surface area contributed by atoms with Gasteiger partial charge >= 0.3 is 0 Å². The van der Waals surface area contributed by atoms with Crippen LogP contribution in [0.1, 0.15) is 28.1 Å².